The van der Waals surface area contributed by atoms with E-state index in [2.05, 4.69) is 33.8 Å². The summed E-state index contributed by atoms with van der Waals surface area (Å²) in [7, 11) is 1.87. The van der Waals surface area contributed by atoms with Gasteiger partial charge in [-0.15, -0.1) is 0 Å². The number of amides is 1. The standard InChI is InChI=1S/C17H28N2O/c1-13(17(2,3)4)9-16(20)19(5)12-15-8-6-7-14(10-15)11-18/h6-8,10,13H,9,11-12,18H2,1-5H3. The zero-order chi connectivity index (χ0) is 15.3. The van der Waals surface area contributed by atoms with Crippen molar-refractivity contribution in [2.45, 2.75) is 47.2 Å². The fourth-order valence-corrected chi connectivity index (χ4v) is 1.94. The van der Waals surface area contributed by atoms with Gasteiger partial charge in [-0.1, -0.05) is 52.0 Å². The first kappa shape index (κ1) is 16.7. The van der Waals surface area contributed by atoms with Gasteiger partial charge in [0.1, 0.15) is 0 Å². The minimum Gasteiger partial charge on any atom is -0.341 e. The fourth-order valence-electron chi connectivity index (χ4n) is 1.94. The summed E-state index contributed by atoms with van der Waals surface area (Å²) in [6.07, 6.45) is 0.594. The average Bonchev–Trinajstić information content (AvgIpc) is 2.37. The Bertz CT molecular complexity index is 449. The van der Waals surface area contributed by atoms with Crippen LogP contribution in [0.2, 0.25) is 0 Å². The van der Waals surface area contributed by atoms with Crippen molar-refractivity contribution in [3.8, 4) is 0 Å². The van der Waals surface area contributed by atoms with E-state index in [1.54, 1.807) is 4.90 Å². The third kappa shape index (κ3) is 4.97. The molecule has 1 rings (SSSR count). The Kier molecular flexibility index (Phi) is 5.75. The summed E-state index contributed by atoms with van der Waals surface area (Å²) in [5.41, 5.74) is 8.04. The van der Waals surface area contributed by atoms with Crippen molar-refractivity contribution in [2.75, 3.05) is 7.05 Å². The molecule has 0 saturated carbocycles. The number of nitrogens with two attached hydrogens (primary N) is 1. The molecule has 0 aliphatic heterocycles. The number of hydrogen-bond acceptors (Lipinski definition) is 2. The van der Waals surface area contributed by atoms with Gasteiger partial charge in [-0.25, -0.2) is 0 Å². The summed E-state index contributed by atoms with van der Waals surface area (Å²) >= 11 is 0. The topological polar surface area (TPSA) is 46.3 Å². The molecule has 0 heterocycles. The molecule has 0 fully saturated rings. The first-order valence-electron chi connectivity index (χ1n) is 7.26. The lowest BCUT2D eigenvalue weighted by Gasteiger charge is -2.28. The third-order valence-corrected chi connectivity index (χ3v) is 4.03. The van der Waals surface area contributed by atoms with Crippen molar-refractivity contribution < 1.29 is 4.79 Å². The molecule has 0 aromatic heterocycles. The predicted octanol–water partition coefficient (Wildman–Crippen LogP) is 3.18. The summed E-state index contributed by atoms with van der Waals surface area (Å²) in [6.45, 7) is 9.85. The van der Waals surface area contributed by atoms with Gasteiger partial charge >= 0.3 is 0 Å². The predicted molar refractivity (Wildman–Crippen MR) is 84.0 cm³/mol. The second kappa shape index (κ2) is 6.89. The van der Waals surface area contributed by atoms with E-state index in [9.17, 15) is 4.79 Å². The van der Waals surface area contributed by atoms with Crippen molar-refractivity contribution in [3.05, 3.63) is 35.4 Å². The molecule has 20 heavy (non-hydrogen) atoms. The van der Waals surface area contributed by atoms with Gasteiger partial charge in [0.2, 0.25) is 5.91 Å². The van der Waals surface area contributed by atoms with Gasteiger partial charge in [-0.2, -0.15) is 0 Å². The Morgan fingerprint density at radius 1 is 1.30 bits per heavy atom. The summed E-state index contributed by atoms with van der Waals surface area (Å²) < 4.78 is 0. The van der Waals surface area contributed by atoms with E-state index in [0.717, 1.165) is 11.1 Å². The molecule has 3 heteroatoms. The highest BCUT2D eigenvalue weighted by Gasteiger charge is 2.23. The van der Waals surface area contributed by atoms with E-state index in [1.807, 2.05) is 25.2 Å². The molecule has 1 aromatic rings. The monoisotopic (exact) mass is 276 g/mol. The van der Waals surface area contributed by atoms with Crippen LogP contribution in [-0.4, -0.2) is 17.9 Å². The zero-order valence-electron chi connectivity index (χ0n) is 13.4. The Morgan fingerprint density at radius 2 is 1.90 bits per heavy atom. The van der Waals surface area contributed by atoms with Crippen molar-refractivity contribution in [3.63, 3.8) is 0 Å². The van der Waals surface area contributed by atoms with E-state index in [-0.39, 0.29) is 11.3 Å². The van der Waals surface area contributed by atoms with Crippen molar-refractivity contribution in [1.82, 2.24) is 4.90 Å². The highest BCUT2D eigenvalue weighted by atomic mass is 16.2. The Balaban J connectivity index is 2.61. The van der Waals surface area contributed by atoms with Gasteiger partial charge in [-0.3, -0.25) is 4.79 Å². The van der Waals surface area contributed by atoms with Crippen LogP contribution >= 0.6 is 0 Å². The molecule has 3 nitrogen and oxygen atoms in total. The maximum atomic E-state index is 12.3. The number of rotatable bonds is 5. The van der Waals surface area contributed by atoms with Gasteiger partial charge in [0.15, 0.2) is 0 Å². The summed E-state index contributed by atoms with van der Waals surface area (Å²) in [6, 6.07) is 8.10. The molecule has 0 aliphatic carbocycles. The van der Waals surface area contributed by atoms with Gasteiger partial charge < -0.3 is 10.6 Å². The smallest absolute Gasteiger partial charge is 0.222 e. The molecule has 0 saturated heterocycles. The molecule has 2 N–H and O–H groups in total. The van der Waals surface area contributed by atoms with Crippen LogP contribution in [0.1, 0.15) is 45.2 Å². The van der Waals surface area contributed by atoms with Crippen LogP contribution < -0.4 is 5.73 Å². The number of benzene rings is 1. The van der Waals surface area contributed by atoms with E-state index in [4.69, 9.17) is 5.73 Å². The molecule has 1 unspecified atom stereocenters. The maximum absolute atomic E-state index is 12.3. The molecule has 0 spiro atoms. The number of nitrogens with zero attached hydrogens (tertiary/aromatic N) is 1. The Hall–Kier alpha value is -1.35. The third-order valence-electron chi connectivity index (χ3n) is 4.03. The first-order valence-corrected chi connectivity index (χ1v) is 7.26. The van der Waals surface area contributed by atoms with E-state index < -0.39 is 0 Å². The lowest BCUT2D eigenvalue weighted by atomic mass is 9.80. The quantitative estimate of drug-likeness (QED) is 0.898. The molecule has 0 bridgehead atoms. The normalized spacial score (nSPS) is 13.1. The van der Waals surface area contributed by atoms with Gasteiger partial charge in [-0.05, 0) is 22.5 Å². The Morgan fingerprint density at radius 3 is 2.45 bits per heavy atom. The van der Waals surface area contributed by atoms with Gasteiger partial charge in [0.05, 0.1) is 0 Å². The van der Waals surface area contributed by atoms with Gasteiger partial charge in [0.25, 0.3) is 0 Å². The lowest BCUT2D eigenvalue weighted by Crippen LogP contribution is -2.30. The SMILES string of the molecule is CC(CC(=O)N(C)Cc1cccc(CN)c1)C(C)(C)C. The molecule has 1 amide bonds. The number of hydrogen-bond donors (Lipinski definition) is 1. The summed E-state index contributed by atoms with van der Waals surface area (Å²) in [4.78, 5) is 14.1. The molecule has 1 atom stereocenters. The summed E-state index contributed by atoms with van der Waals surface area (Å²) in [5, 5.41) is 0. The Labute approximate surface area is 123 Å². The molecular weight excluding hydrogens is 248 g/mol. The minimum atomic E-state index is 0.163. The van der Waals surface area contributed by atoms with Crippen LogP contribution in [0, 0.1) is 11.3 Å². The zero-order valence-corrected chi connectivity index (χ0v) is 13.4. The molecule has 0 aliphatic rings. The maximum Gasteiger partial charge on any atom is 0.222 e. The van der Waals surface area contributed by atoms with Crippen LogP contribution in [0.3, 0.4) is 0 Å². The van der Waals surface area contributed by atoms with Crippen LogP contribution in [0.5, 0.6) is 0 Å². The van der Waals surface area contributed by atoms with Crippen LogP contribution in [-0.2, 0) is 17.9 Å². The van der Waals surface area contributed by atoms with Crippen LogP contribution in [0.25, 0.3) is 0 Å². The van der Waals surface area contributed by atoms with Crippen molar-refractivity contribution >= 4 is 5.91 Å². The minimum absolute atomic E-state index is 0.163. The van der Waals surface area contributed by atoms with Crippen LogP contribution in [0.15, 0.2) is 24.3 Å². The van der Waals surface area contributed by atoms with E-state index in [1.165, 1.54) is 0 Å². The largest absolute Gasteiger partial charge is 0.341 e. The highest BCUT2D eigenvalue weighted by Crippen LogP contribution is 2.28. The summed E-state index contributed by atoms with van der Waals surface area (Å²) in [5.74, 6) is 0.568. The number of carbonyl (C=O) groups excluding carboxylic acids is 1. The van der Waals surface area contributed by atoms with E-state index in [0.29, 0.717) is 25.4 Å². The first-order chi connectivity index (χ1) is 9.24. The second-order valence-corrected chi connectivity index (χ2v) is 6.75. The fraction of sp³-hybridized carbons (Fsp3) is 0.588. The lowest BCUT2D eigenvalue weighted by molar-refractivity contribution is -0.132. The molecule has 112 valence electrons. The number of carbonyl (C=O) groups is 1. The second-order valence-electron chi connectivity index (χ2n) is 6.75. The van der Waals surface area contributed by atoms with Crippen molar-refractivity contribution in [1.29, 1.82) is 0 Å². The molecular formula is C17H28N2O. The van der Waals surface area contributed by atoms with Crippen molar-refractivity contribution in [2.24, 2.45) is 17.1 Å². The van der Waals surface area contributed by atoms with E-state index >= 15 is 0 Å². The highest BCUT2D eigenvalue weighted by molar-refractivity contribution is 5.76. The van der Waals surface area contributed by atoms with Crippen LogP contribution in [0.4, 0.5) is 0 Å². The average molecular weight is 276 g/mol. The van der Waals surface area contributed by atoms with Gasteiger partial charge in [0, 0.05) is 26.6 Å². The molecule has 1 aromatic carbocycles. The molecule has 0 radical (unpaired) electrons.